The predicted molar refractivity (Wildman–Crippen MR) is 55.5 cm³/mol. The molecule has 1 aliphatic heterocycles. The number of carboxylic acid groups (broad SMARTS) is 1. The van der Waals surface area contributed by atoms with Crippen LogP contribution < -0.4 is 0 Å². The van der Waals surface area contributed by atoms with Crippen LogP contribution in [-0.2, 0) is 19.1 Å². The van der Waals surface area contributed by atoms with E-state index in [9.17, 15) is 14.4 Å². The number of cyclic esters (lactones) is 2. The zero-order valence-corrected chi connectivity index (χ0v) is 8.01. The largest absolute Gasteiger partial charge is 0.481 e. The molecular weight excluding hydrogens is 211 g/mol. The van der Waals surface area contributed by atoms with Gasteiger partial charge in [-0.25, -0.2) is 0 Å². The molecule has 1 heterocycles. The van der Waals surface area contributed by atoms with Gasteiger partial charge >= 0.3 is 17.9 Å². The van der Waals surface area contributed by atoms with Gasteiger partial charge in [0.1, 0.15) is 0 Å². The van der Waals surface area contributed by atoms with Crippen LogP contribution in [0.15, 0.2) is 0 Å². The van der Waals surface area contributed by atoms with E-state index in [4.69, 9.17) is 5.11 Å². The lowest BCUT2D eigenvalue weighted by atomic mass is 9.75. The fourth-order valence-electron chi connectivity index (χ4n) is 2.19. The lowest BCUT2D eigenvalue weighted by Gasteiger charge is -2.24. The molecule has 1 N–H and O–H groups in total. The van der Waals surface area contributed by atoms with Gasteiger partial charge in [0.15, 0.2) is 0 Å². The van der Waals surface area contributed by atoms with E-state index in [2.05, 4.69) is 4.74 Å². The van der Waals surface area contributed by atoms with E-state index in [0.29, 0.717) is 12.8 Å². The maximum Gasteiger partial charge on any atom is 0.317 e. The van der Waals surface area contributed by atoms with Crippen LogP contribution in [0.2, 0.25) is 0 Å². The van der Waals surface area contributed by atoms with E-state index < -0.39 is 35.7 Å². The third-order valence-electron chi connectivity index (χ3n) is 3.01. The van der Waals surface area contributed by atoms with Crippen molar-refractivity contribution >= 4 is 26.3 Å². The molecule has 3 atom stereocenters. The van der Waals surface area contributed by atoms with Gasteiger partial charge in [-0.15, -0.1) is 0 Å². The summed E-state index contributed by atoms with van der Waals surface area (Å²) in [5.41, 5.74) is 0. The molecule has 2 rings (SSSR count). The number of carbonyl (C=O) groups is 3. The van der Waals surface area contributed by atoms with Crippen molar-refractivity contribution < 1.29 is 24.2 Å². The second-order valence-corrected chi connectivity index (χ2v) is 3.80. The number of carboxylic acids is 1. The summed E-state index contributed by atoms with van der Waals surface area (Å²) in [6, 6.07) is 0. The minimum atomic E-state index is -0.893. The Bertz CT molecular complexity index is 314. The predicted octanol–water partition coefficient (Wildman–Crippen LogP) is 0.442. The molecular formula is C10H14BO5. The van der Waals surface area contributed by atoms with Gasteiger partial charge in [0.05, 0.1) is 17.8 Å². The topological polar surface area (TPSA) is 80.7 Å². The summed E-state index contributed by atoms with van der Waals surface area (Å²) in [5.74, 6) is -3.34. The number of rotatable bonds is 1. The minimum absolute atomic E-state index is 0. The molecule has 0 amide bonds. The second kappa shape index (κ2) is 5.14. The Kier molecular flexibility index (Phi) is 4.71. The molecule has 0 bridgehead atoms. The number of hydrogen-bond acceptors (Lipinski definition) is 4. The van der Waals surface area contributed by atoms with Gasteiger partial charge in [-0.3, -0.25) is 14.4 Å². The van der Waals surface area contributed by atoms with Crippen LogP contribution in [0.5, 0.6) is 0 Å². The zero-order valence-electron chi connectivity index (χ0n) is 8.01. The molecule has 0 aromatic heterocycles. The first-order chi connectivity index (χ1) is 6.59. The third-order valence-corrected chi connectivity index (χ3v) is 3.01. The number of esters is 2. The normalized spacial score (nSPS) is 31.9. The summed E-state index contributed by atoms with van der Waals surface area (Å²) < 4.78 is 4.47. The van der Waals surface area contributed by atoms with E-state index >= 15 is 0 Å². The Hall–Kier alpha value is -1.33. The van der Waals surface area contributed by atoms with Crippen molar-refractivity contribution in [1.29, 1.82) is 0 Å². The first kappa shape index (κ1) is 14.7. The molecule has 0 aromatic carbocycles. The van der Waals surface area contributed by atoms with Crippen LogP contribution in [-0.4, -0.2) is 31.4 Å². The lowest BCUT2D eigenvalue weighted by Crippen LogP contribution is -2.30. The van der Waals surface area contributed by atoms with Crippen LogP contribution >= 0.6 is 0 Å². The molecule has 2 aliphatic rings. The van der Waals surface area contributed by atoms with E-state index in [1.165, 1.54) is 0 Å². The first-order valence-corrected chi connectivity index (χ1v) is 4.58. The van der Waals surface area contributed by atoms with Crippen molar-refractivity contribution in [2.45, 2.75) is 26.7 Å². The minimum Gasteiger partial charge on any atom is -0.481 e. The second-order valence-electron chi connectivity index (χ2n) is 3.80. The Labute approximate surface area is 95.7 Å². The summed E-state index contributed by atoms with van der Waals surface area (Å²) in [5, 5.41) is 8.77. The molecule has 5 nitrogen and oxygen atoms in total. The van der Waals surface area contributed by atoms with E-state index in [1.807, 2.05) is 0 Å². The van der Waals surface area contributed by atoms with Gasteiger partial charge in [-0.1, -0.05) is 7.43 Å². The van der Waals surface area contributed by atoms with Crippen molar-refractivity contribution in [3.05, 3.63) is 0 Å². The molecule has 87 valence electrons. The van der Waals surface area contributed by atoms with Crippen molar-refractivity contribution in [3.63, 3.8) is 0 Å². The maximum absolute atomic E-state index is 11.2. The summed E-state index contributed by atoms with van der Waals surface area (Å²) >= 11 is 0. The highest BCUT2D eigenvalue weighted by atomic mass is 16.6. The van der Waals surface area contributed by atoms with Gasteiger partial charge < -0.3 is 9.84 Å². The summed E-state index contributed by atoms with van der Waals surface area (Å²) in [7, 11) is 0. The average Bonchev–Trinajstić information content (AvgIpc) is 2.42. The van der Waals surface area contributed by atoms with Crippen LogP contribution in [0, 0.1) is 17.8 Å². The quantitative estimate of drug-likeness (QED) is 0.398. The molecule has 2 fully saturated rings. The monoisotopic (exact) mass is 225 g/mol. The summed E-state index contributed by atoms with van der Waals surface area (Å²) in [4.78, 5) is 33.0. The molecule has 1 aliphatic carbocycles. The van der Waals surface area contributed by atoms with Crippen LogP contribution in [0.3, 0.4) is 0 Å². The molecule has 6 heteroatoms. The van der Waals surface area contributed by atoms with Gasteiger partial charge in [-0.2, -0.15) is 0 Å². The number of fused-ring (bicyclic) bond motifs is 1. The first-order valence-electron chi connectivity index (χ1n) is 4.58. The number of aliphatic carboxylic acids is 1. The molecule has 0 spiro atoms. The molecule has 0 aromatic rings. The summed E-state index contributed by atoms with van der Waals surface area (Å²) in [6.45, 7) is 0. The SMILES string of the molecule is C.O=C(O)C1CCC2C(=O)OC(=O)C2C1.[B]. The lowest BCUT2D eigenvalue weighted by molar-refractivity contribution is -0.153. The van der Waals surface area contributed by atoms with Gasteiger partial charge in [0.25, 0.3) is 0 Å². The standard InChI is InChI=1S/C9H10O5.CH4.B/c10-7(11)4-1-2-5-6(3-4)9(13)14-8(5)12;;/h4-6H,1-3H2,(H,10,11);1H4;. The Balaban J connectivity index is 0.00000112. The fourth-order valence-corrected chi connectivity index (χ4v) is 2.19. The number of hydrogen-bond donors (Lipinski definition) is 1. The van der Waals surface area contributed by atoms with Gasteiger partial charge in [0, 0.05) is 8.41 Å². The van der Waals surface area contributed by atoms with Crippen LogP contribution in [0.4, 0.5) is 0 Å². The van der Waals surface area contributed by atoms with Gasteiger partial charge in [0.2, 0.25) is 0 Å². The van der Waals surface area contributed by atoms with Gasteiger partial charge in [-0.05, 0) is 19.3 Å². The fraction of sp³-hybridized carbons (Fsp3) is 0.700. The molecule has 1 saturated heterocycles. The Morgan fingerprint density at radius 2 is 1.75 bits per heavy atom. The molecule has 1 saturated carbocycles. The van der Waals surface area contributed by atoms with E-state index in [1.54, 1.807) is 0 Å². The number of carbonyl (C=O) groups excluding carboxylic acids is 2. The van der Waals surface area contributed by atoms with Crippen molar-refractivity contribution in [1.82, 2.24) is 0 Å². The highest BCUT2D eigenvalue weighted by Gasteiger charge is 2.48. The van der Waals surface area contributed by atoms with Crippen LogP contribution in [0.1, 0.15) is 26.7 Å². The maximum atomic E-state index is 11.2. The Morgan fingerprint density at radius 1 is 1.19 bits per heavy atom. The van der Waals surface area contributed by atoms with E-state index in [0.717, 1.165) is 0 Å². The molecule has 3 radical (unpaired) electrons. The van der Waals surface area contributed by atoms with E-state index in [-0.39, 0.29) is 22.3 Å². The summed E-state index contributed by atoms with van der Waals surface area (Å²) in [6.07, 6.45) is 1.15. The van der Waals surface area contributed by atoms with Crippen LogP contribution in [0.25, 0.3) is 0 Å². The highest BCUT2D eigenvalue weighted by molar-refractivity contribution is 5.97. The highest BCUT2D eigenvalue weighted by Crippen LogP contribution is 2.39. The zero-order chi connectivity index (χ0) is 10.3. The van der Waals surface area contributed by atoms with Crippen molar-refractivity contribution in [3.8, 4) is 0 Å². The molecule has 16 heavy (non-hydrogen) atoms. The smallest absolute Gasteiger partial charge is 0.317 e. The number of ether oxygens (including phenoxy) is 1. The van der Waals surface area contributed by atoms with Crippen molar-refractivity contribution in [2.24, 2.45) is 17.8 Å². The van der Waals surface area contributed by atoms with Crippen molar-refractivity contribution in [2.75, 3.05) is 0 Å². The average molecular weight is 225 g/mol. The third kappa shape index (κ3) is 2.26. The molecule has 3 unspecified atom stereocenters. The Morgan fingerprint density at radius 3 is 2.31 bits per heavy atom.